The quantitative estimate of drug-likeness (QED) is 0.322. The van der Waals surface area contributed by atoms with Gasteiger partial charge in [-0.2, -0.15) is 0 Å². The molecule has 6 nitrogen and oxygen atoms in total. The second-order valence-electron chi connectivity index (χ2n) is 4.35. The first kappa shape index (κ1) is 14.4. The van der Waals surface area contributed by atoms with Crippen molar-refractivity contribution >= 4 is 11.6 Å². The molecule has 1 heterocycles. The van der Waals surface area contributed by atoms with Gasteiger partial charge in [0, 0.05) is 13.0 Å². The molecule has 0 aliphatic heterocycles. The first-order valence-corrected chi connectivity index (χ1v) is 6.07. The maximum atomic E-state index is 11.4. The topological polar surface area (TPSA) is 87.4 Å². The average molecular weight is 251 g/mol. The fourth-order valence-corrected chi connectivity index (χ4v) is 1.44. The maximum absolute atomic E-state index is 11.4. The summed E-state index contributed by atoms with van der Waals surface area (Å²) in [6, 6.07) is 0. The van der Waals surface area contributed by atoms with Gasteiger partial charge in [-0.25, -0.2) is 4.98 Å². The number of H-pyrrole nitrogens is 1. The number of hydrogen-bond acceptors (Lipinski definition) is 4. The predicted molar refractivity (Wildman–Crippen MR) is 72.0 cm³/mol. The highest BCUT2D eigenvalue weighted by Crippen LogP contribution is 2.01. The van der Waals surface area contributed by atoms with E-state index in [1.807, 2.05) is 21.0 Å². The van der Waals surface area contributed by atoms with Gasteiger partial charge in [0.1, 0.15) is 5.69 Å². The summed E-state index contributed by atoms with van der Waals surface area (Å²) in [6.07, 6.45) is 2.89. The highest BCUT2D eigenvalue weighted by molar-refractivity contribution is 5.98. The molecule has 0 fully saturated rings. The number of nitrogens with one attached hydrogen (secondary N) is 1. The fourth-order valence-electron chi connectivity index (χ4n) is 1.44. The summed E-state index contributed by atoms with van der Waals surface area (Å²) in [7, 11) is 4.03. The Kier molecular flexibility index (Phi) is 5.51. The van der Waals surface area contributed by atoms with E-state index in [4.69, 9.17) is 5.73 Å². The van der Waals surface area contributed by atoms with Crippen molar-refractivity contribution in [2.24, 2.45) is 10.7 Å². The number of Topliss-reactive ketones (excluding diaryl/α,β-unsaturated/α-hetero) is 1. The first-order valence-electron chi connectivity index (χ1n) is 6.07. The molecule has 1 rings (SSSR count). The van der Waals surface area contributed by atoms with Crippen LogP contribution in [0.2, 0.25) is 0 Å². The monoisotopic (exact) mass is 251 g/mol. The Bertz CT molecular complexity index is 422. The smallest absolute Gasteiger partial charge is 0.180 e. The van der Waals surface area contributed by atoms with Gasteiger partial charge in [-0.05, 0) is 27.1 Å². The highest BCUT2D eigenvalue weighted by Gasteiger charge is 2.09. The summed E-state index contributed by atoms with van der Waals surface area (Å²) in [5.41, 5.74) is 6.28. The Labute approximate surface area is 107 Å². The summed E-state index contributed by atoms with van der Waals surface area (Å²) in [5, 5.41) is 0. The largest absolute Gasteiger partial charge is 0.381 e. The van der Waals surface area contributed by atoms with E-state index in [-0.39, 0.29) is 5.78 Å². The van der Waals surface area contributed by atoms with Crippen molar-refractivity contribution in [2.45, 2.75) is 19.8 Å². The molecule has 18 heavy (non-hydrogen) atoms. The molecule has 0 atom stereocenters. The predicted octanol–water partition coefficient (Wildman–Crippen LogP) is 0.659. The van der Waals surface area contributed by atoms with Gasteiger partial charge in [0.25, 0.3) is 0 Å². The van der Waals surface area contributed by atoms with Gasteiger partial charge in [-0.1, -0.05) is 6.92 Å². The lowest BCUT2D eigenvalue weighted by Gasteiger charge is -2.06. The molecular weight excluding hydrogens is 230 g/mol. The number of hydrogen-bond donors (Lipinski definition) is 2. The summed E-state index contributed by atoms with van der Waals surface area (Å²) < 4.78 is 0. The average Bonchev–Trinajstić information content (AvgIpc) is 2.82. The molecule has 0 aliphatic carbocycles. The summed E-state index contributed by atoms with van der Waals surface area (Å²) in [4.78, 5) is 24.7. The molecule has 3 N–H and O–H groups in total. The minimum atomic E-state index is 0.0224. The molecule has 6 heteroatoms. The molecule has 0 saturated carbocycles. The lowest BCUT2D eigenvalue weighted by Crippen LogP contribution is -2.18. The molecule has 0 saturated heterocycles. The number of nitrogens with two attached hydrogens (primary N) is 1. The third kappa shape index (κ3) is 4.29. The zero-order chi connectivity index (χ0) is 13.5. The summed E-state index contributed by atoms with van der Waals surface area (Å²) in [5.74, 6) is 0.842. The molecule has 0 bridgehead atoms. The van der Waals surface area contributed by atoms with Crippen LogP contribution in [0.25, 0.3) is 0 Å². The van der Waals surface area contributed by atoms with Crippen LogP contribution in [-0.2, 0) is 0 Å². The minimum absolute atomic E-state index is 0.0224. The van der Waals surface area contributed by atoms with Crippen LogP contribution in [-0.4, -0.2) is 53.7 Å². The van der Waals surface area contributed by atoms with Crippen LogP contribution in [0.1, 0.15) is 36.1 Å². The SMILES string of the molecule is CCC(=O)c1cnc(C(N)=NCCCN(C)C)[nH]1. The molecule has 100 valence electrons. The number of nitrogens with zero attached hydrogens (tertiary/aromatic N) is 3. The van der Waals surface area contributed by atoms with Crippen LogP contribution >= 0.6 is 0 Å². The lowest BCUT2D eigenvalue weighted by molar-refractivity contribution is 0.0984. The van der Waals surface area contributed by atoms with Gasteiger partial charge in [0.15, 0.2) is 17.4 Å². The maximum Gasteiger partial charge on any atom is 0.180 e. The Morgan fingerprint density at radius 2 is 2.28 bits per heavy atom. The molecule has 0 radical (unpaired) electrons. The van der Waals surface area contributed by atoms with Crippen molar-refractivity contribution in [3.8, 4) is 0 Å². The van der Waals surface area contributed by atoms with Crippen LogP contribution in [0.15, 0.2) is 11.2 Å². The Morgan fingerprint density at radius 1 is 1.56 bits per heavy atom. The second kappa shape index (κ2) is 6.90. The van der Waals surface area contributed by atoms with Gasteiger partial charge in [0.05, 0.1) is 6.20 Å². The van der Waals surface area contributed by atoms with Gasteiger partial charge in [0.2, 0.25) is 0 Å². The number of aromatic amines is 1. The van der Waals surface area contributed by atoms with E-state index in [2.05, 4.69) is 19.9 Å². The number of carbonyl (C=O) groups is 1. The molecule has 1 aromatic heterocycles. The fraction of sp³-hybridized carbons (Fsp3) is 0.583. The lowest BCUT2D eigenvalue weighted by atomic mass is 10.2. The van der Waals surface area contributed by atoms with Gasteiger partial charge < -0.3 is 15.6 Å². The molecule has 1 aromatic rings. The van der Waals surface area contributed by atoms with E-state index in [0.29, 0.717) is 30.3 Å². The van der Waals surface area contributed by atoms with Crippen molar-refractivity contribution in [2.75, 3.05) is 27.2 Å². The van der Waals surface area contributed by atoms with E-state index in [1.54, 1.807) is 0 Å². The Balaban J connectivity index is 2.55. The molecule has 0 aliphatic rings. The first-order chi connectivity index (χ1) is 8.54. The van der Waals surface area contributed by atoms with Crippen LogP contribution < -0.4 is 5.73 Å². The molecule has 0 amide bonds. The molecular formula is C12H21N5O. The van der Waals surface area contributed by atoms with Crippen molar-refractivity contribution < 1.29 is 4.79 Å². The molecule has 0 aromatic carbocycles. The van der Waals surface area contributed by atoms with Crippen LogP contribution in [0.3, 0.4) is 0 Å². The van der Waals surface area contributed by atoms with E-state index < -0.39 is 0 Å². The zero-order valence-electron chi connectivity index (χ0n) is 11.2. The van der Waals surface area contributed by atoms with Gasteiger partial charge in [-0.3, -0.25) is 9.79 Å². The normalized spacial score (nSPS) is 12.1. The number of amidine groups is 1. The van der Waals surface area contributed by atoms with Crippen LogP contribution in [0.4, 0.5) is 0 Å². The Hall–Kier alpha value is -1.69. The van der Waals surface area contributed by atoms with Gasteiger partial charge in [-0.15, -0.1) is 0 Å². The molecule has 0 spiro atoms. The third-order valence-electron chi connectivity index (χ3n) is 2.49. The van der Waals surface area contributed by atoms with E-state index >= 15 is 0 Å². The standard InChI is InChI=1S/C12H21N5O/c1-4-10(18)9-8-15-12(16-9)11(13)14-6-5-7-17(2)3/h8H,4-7H2,1-3H3,(H2,13,14)(H,15,16). The molecule has 0 unspecified atom stereocenters. The number of aromatic nitrogens is 2. The van der Waals surface area contributed by atoms with Crippen molar-refractivity contribution in [3.63, 3.8) is 0 Å². The van der Waals surface area contributed by atoms with E-state index in [9.17, 15) is 4.79 Å². The van der Waals surface area contributed by atoms with Crippen molar-refractivity contribution in [3.05, 3.63) is 17.7 Å². The number of ketones is 1. The number of imidazole rings is 1. The number of aliphatic imine (C=N–C) groups is 1. The number of carbonyl (C=O) groups excluding carboxylic acids is 1. The van der Waals surface area contributed by atoms with Crippen LogP contribution in [0, 0.1) is 0 Å². The number of rotatable bonds is 7. The minimum Gasteiger partial charge on any atom is -0.381 e. The highest BCUT2D eigenvalue weighted by atomic mass is 16.1. The second-order valence-corrected chi connectivity index (χ2v) is 4.35. The Morgan fingerprint density at radius 3 is 2.89 bits per heavy atom. The van der Waals surface area contributed by atoms with E-state index in [0.717, 1.165) is 13.0 Å². The summed E-state index contributed by atoms with van der Waals surface area (Å²) in [6.45, 7) is 3.43. The van der Waals surface area contributed by atoms with Gasteiger partial charge >= 0.3 is 0 Å². The summed E-state index contributed by atoms with van der Waals surface area (Å²) >= 11 is 0. The zero-order valence-corrected chi connectivity index (χ0v) is 11.2. The van der Waals surface area contributed by atoms with Crippen molar-refractivity contribution in [1.82, 2.24) is 14.9 Å². The van der Waals surface area contributed by atoms with E-state index in [1.165, 1.54) is 6.20 Å². The van der Waals surface area contributed by atoms with Crippen molar-refractivity contribution in [1.29, 1.82) is 0 Å². The van der Waals surface area contributed by atoms with Crippen LogP contribution in [0.5, 0.6) is 0 Å². The third-order valence-corrected chi connectivity index (χ3v) is 2.49.